The molecule has 33 heavy (non-hydrogen) atoms. The molecule has 170 valence electrons. The predicted molar refractivity (Wildman–Crippen MR) is 131 cm³/mol. The Labute approximate surface area is 195 Å². The van der Waals surface area contributed by atoms with Gasteiger partial charge in [-0.1, -0.05) is 66.7 Å². The molecule has 5 rings (SSSR count). The molecule has 1 saturated heterocycles. The SMILES string of the molecule is CC(=O)N1CCc2ccccc2C1CC(=O)N1CCN(Cc2cccc3ccccc23)CC1. The maximum atomic E-state index is 13.3. The van der Waals surface area contributed by atoms with E-state index in [-0.39, 0.29) is 17.9 Å². The van der Waals surface area contributed by atoms with Crippen LogP contribution in [0.3, 0.4) is 0 Å². The first kappa shape index (κ1) is 21.7. The van der Waals surface area contributed by atoms with Gasteiger partial charge in [0.25, 0.3) is 0 Å². The van der Waals surface area contributed by atoms with E-state index in [2.05, 4.69) is 59.5 Å². The van der Waals surface area contributed by atoms with Gasteiger partial charge in [-0.25, -0.2) is 0 Å². The molecule has 0 N–H and O–H groups in total. The normalized spacial score (nSPS) is 18.9. The summed E-state index contributed by atoms with van der Waals surface area (Å²) in [5.74, 6) is 0.190. The van der Waals surface area contributed by atoms with Crippen molar-refractivity contribution in [1.29, 1.82) is 0 Å². The van der Waals surface area contributed by atoms with E-state index in [1.165, 1.54) is 21.9 Å². The minimum Gasteiger partial charge on any atom is -0.340 e. The van der Waals surface area contributed by atoms with E-state index in [0.29, 0.717) is 13.0 Å². The fraction of sp³-hybridized carbons (Fsp3) is 0.357. The molecule has 0 saturated carbocycles. The number of nitrogens with zero attached hydrogens (tertiary/aromatic N) is 3. The molecule has 5 heteroatoms. The first-order valence-electron chi connectivity index (χ1n) is 11.9. The highest BCUT2D eigenvalue weighted by atomic mass is 16.2. The fourth-order valence-corrected chi connectivity index (χ4v) is 5.37. The molecule has 1 unspecified atom stereocenters. The molecule has 2 amide bonds. The third kappa shape index (κ3) is 4.51. The molecule has 3 aromatic rings. The van der Waals surface area contributed by atoms with Crippen molar-refractivity contribution in [3.63, 3.8) is 0 Å². The van der Waals surface area contributed by atoms with Crippen molar-refractivity contribution in [3.8, 4) is 0 Å². The van der Waals surface area contributed by atoms with Crippen LogP contribution in [0.15, 0.2) is 66.7 Å². The smallest absolute Gasteiger partial charge is 0.225 e. The first-order chi connectivity index (χ1) is 16.1. The van der Waals surface area contributed by atoms with Gasteiger partial charge in [-0.15, -0.1) is 0 Å². The summed E-state index contributed by atoms with van der Waals surface area (Å²) in [7, 11) is 0. The molecule has 0 aromatic heterocycles. The van der Waals surface area contributed by atoms with Gasteiger partial charge >= 0.3 is 0 Å². The average Bonchev–Trinajstić information content (AvgIpc) is 2.84. The number of carbonyl (C=O) groups is 2. The van der Waals surface area contributed by atoms with Crippen molar-refractivity contribution < 1.29 is 9.59 Å². The number of fused-ring (bicyclic) bond motifs is 2. The first-order valence-corrected chi connectivity index (χ1v) is 11.9. The Hall–Kier alpha value is -3.18. The minimum absolute atomic E-state index is 0.0437. The van der Waals surface area contributed by atoms with Crippen LogP contribution in [-0.4, -0.2) is 59.2 Å². The van der Waals surface area contributed by atoms with Gasteiger partial charge in [-0.2, -0.15) is 0 Å². The van der Waals surface area contributed by atoms with Gasteiger partial charge in [0.05, 0.1) is 12.5 Å². The van der Waals surface area contributed by atoms with Crippen LogP contribution in [-0.2, 0) is 22.6 Å². The van der Waals surface area contributed by atoms with Crippen molar-refractivity contribution >= 4 is 22.6 Å². The molecule has 1 atom stereocenters. The molecule has 5 nitrogen and oxygen atoms in total. The second kappa shape index (κ2) is 9.36. The summed E-state index contributed by atoms with van der Waals surface area (Å²) in [6.07, 6.45) is 1.22. The Morgan fingerprint density at radius 2 is 1.58 bits per heavy atom. The Balaban J connectivity index is 1.23. The second-order valence-electron chi connectivity index (χ2n) is 9.18. The van der Waals surface area contributed by atoms with E-state index in [1.54, 1.807) is 6.92 Å². The lowest BCUT2D eigenvalue weighted by Gasteiger charge is -2.39. The summed E-state index contributed by atoms with van der Waals surface area (Å²) in [5, 5.41) is 2.57. The van der Waals surface area contributed by atoms with Crippen molar-refractivity contribution in [3.05, 3.63) is 83.4 Å². The zero-order valence-corrected chi connectivity index (χ0v) is 19.2. The lowest BCUT2D eigenvalue weighted by molar-refractivity contribution is -0.137. The Bertz CT molecular complexity index is 1160. The Morgan fingerprint density at radius 1 is 0.848 bits per heavy atom. The van der Waals surface area contributed by atoms with Gasteiger partial charge in [0.1, 0.15) is 0 Å². The van der Waals surface area contributed by atoms with Crippen molar-refractivity contribution in [2.75, 3.05) is 32.7 Å². The van der Waals surface area contributed by atoms with E-state index >= 15 is 0 Å². The lowest BCUT2D eigenvalue weighted by atomic mass is 9.90. The summed E-state index contributed by atoms with van der Waals surface area (Å²) < 4.78 is 0. The fourth-order valence-electron chi connectivity index (χ4n) is 5.37. The van der Waals surface area contributed by atoms with Gasteiger partial charge < -0.3 is 9.80 Å². The molecule has 0 radical (unpaired) electrons. The highest BCUT2D eigenvalue weighted by Gasteiger charge is 2.32. The molecule has 1 fully saturated rings. The maximum Gasteiger partial charge on any atom is 0.225 e. The third-order valence-corrected chi connectivity index (χ3v) is 7.18. The topological polar surface area (TPSA) is 43.9 Å². The van der Waals surface area contributed by atoms with Crippen LogP contribution in [0.5, 0.6) is 0 Å². The Kier molecular flexibility index (Phi) is 6.14. The quantitative estimate of drug-likeness (QED) is 0.614. The number of benzene rings is 3. The van der Waals surface area contributed by atoms with E-state index in [4.69, 9.17) is 0 Å². The lowest BCUT2D eigenvalue weighted by Crippen LogP contribution is -2.49. The number of piperazine rings is 1. The van der Waals surface area contributed by atoms with E-state index in [1.807, 2.05) is 21.9 Å². The molecule has 0 aliphatic carbocycles. The third-order valence-electron chi connectivity index (χ3n) is 7.18. The van der Waals surface area contributed by atoms with Crippen LogP contribution in [0.25, 0.3) is 10.8 Å². The van der Waals surface area contributed by atoms with Crippen LogP contribution in [0.4, 0.5) is 0 Å². The Morgan fingerprint density at radius 3 is 2.39 bits per heavy atom. The van der Waals surface area contributed by atoms with Crippen LogP contribution in [0, 0.1) is 0 Å². The average molecular weight is 442 g/mol. The van der Waals surface area contributed by atoms with Crippen LogP contribution >= 0.6 is 0 Å². The highest BCUT2D eigenvalue weighted by molar-refractivity contribution is 5.85. The summed E-state index contributed by atoms with van der Waals surface area (Å²) >= 11 is 0. The van der Waals surface area contributed by atoms with E-state index in [9.17, 15) is 9.59 Å². The van der Waals surface area contributed by atoms with E-state index in [0.717, 1.165) is 44.7 Å². The maximum absolute atomic E-state index is 13.3. The molecule has 2 aliphatic rings. The van der Waals surface area contributed by atoms with Gasteiger partial charge in [0.15, 0.2) is 0 Å². The summed E-state index contributed by atoms with van der Waals surface area (Å²) in [6.45, 7) is 6.40. The molecule has 3 aromatic carbocycles. The van der Waals surface area contributed by atoms with Crippen molar-refractivity contribution in [1.82, 2.24) is 14.7 Å². The molecular weight excluding hydrogens is 410 g/mol. The number of rotatable bonds is 4. The minimum atomic E-state index is -0.159. The molecule has 0 spiro atoms. The molecule has 2 heterocycles. The molecular formula is C28H31N3O2. The number of hydrogen-bond acceptors (Lipinski definition) is 3. The van der Waals surface area contributed by atoms with Gasteiger partial charge in [0, 0.05) is 46.2 Å². The predicted octanol–water partition coefficient (Wildman–Crippen LogP) is 4.02. The second-order valence-corrected chi connectivity index (χ2v) is 9.18. The zero-order valence-electron chi connectivity index (χ0n) is 19.2. The number of hydrogen-bond donors (Lipinski definition) is 0. The number of amides is 2. The van der Waals surface area contributed by atoms with Crippen molar-refractivity contribution in [2.24, 2.45) is 0 Å². The van der Waals surface area contributed by atoms with Gasteiger partial charge in [-0.05, 0) is 33.9 Å². The summed E-state index contributed by atoms with van der Waals surface area (Å²) in [5.41, 5.74) is 3.72. The van der Waals surface area contributed by atoms with Crippen LogP contribution in [0.2, 0.25) is 0 Å². The summed E-state index contributed by atoms with van der Waals surface area (Å²) in [4.78, 5) is 31.8. The molecule has 2 aliphatic heterocycles. The summed E-state index contributed by atoms with van der Waals surface area (Å²) in [6, 6.07) is 23.1. The van der Waals surface area contributed by atoms with Gasteiger partial charge in [-0.3, -0.25) is 14.5 Å². The zero-order chi connectivity index (χ0) is 22.8. The largest absolute Gasteiger partial charge is 0.340 e. The number of carbonyl (C=O) groups excluding carboxylic acids is 2. The van der Waals surface area contributed by atoms with Gasteiger partial charge in [0.2, 0.25) is 11.8 Å². The van der Waals surface area contributed by atoms with Crippen LogP contribution < -0.4 is 0 Å². The van der Waals surface area contributed by atoms with E-state index < -0.39 is 0 Å². The highest BCUT2D eigenvalue weighted by Crippen LogP contribution is 2.33. The molecule has 0 bridgehead atoms. The monoisotopic (exact) mass is 441 g/mol. The van der Waals surface area contributed by atoms with Crippen LogP contribution in [0.1, 0.15) is 36.1 Å². The van der Waals surface area contributed by atoms with Crippen molar-refractivity contribution in [2.45, 2.75) is 32.4 Å². The standard InChI is InChI=1S/C28H31N3O2/c1-21(32)31-14-13-23-8-3-5-12-26(23)27(31)19-28(33)30-17-15-29(16-18-30)20-24-10-6-9-22-7-2-4-11-25(22)24/h2-12,27H,13-20H2,1H3.